The van der Waals surface area contributed by atoms with Crippen LogP contribution in [0.25, 0.3) is 0 Å². The van der Waals surface area contributed by atoms with Crippen LogP contribution in [0, 0.1) is 0 Å². The first kappa shape index (κ1) is 20.2. The lowest BCUT2D eigenvalue weighted by Crippen LogP contribution is -2.46. The van der Waals surface area contributed by atoms with E-state index >= 15 is 0 Å². The Morgan fingerprint density at radius 1 is 1.00 bits per heavy atom. The fourth-order valence-electron chi connectivity index (χ4n) is 1.34. The van der Waals surface area contributed by atoms with Crippen LogP contribution in [-0.4, -0.2) is 63.2 Å². The summed E-state index contributed by atoms with van der Waals surface area (Å²) in [6.45, 7) is 7.23. The Bertz CT molecular complexity index is 105. The van der Waals surface area contributed by atoms with Gasteiger partial charge in [-0.1, -0.05) is 0 Å². The maximum absolute atomic E-state index is 3.17. The van der Waals surface area contributed by atoms with Gasteiger partial charge in [-0.25, -0.2) is 0 Å². The Balaban J connectivity index is -0.000000403. The van der Waals surface area contributed by atoms with Gasteiger partial charge in [-0.05, 0) is 14.1 Å². The van der Waals surface area contributed by atoms with E-state index in [9.17, 15) is 0 Å². The van der Waals surface area contributed by atoms with Crippen molar-refractivity contribution >= 4 is 37.2 Å². The standard InChI is InChI=1S/C8H19N3.3ClH/c1-9-3-4-11-7-5-10(2)6-8-11;;;/h9H,3-8H2,1-2H3;3*1H. The molecule has 0 bridgehead atoms. The second-order valence-corrected chi connectivity index (χ2v) is 3.25. The first-order valence-corrected chi connectivity index (χ1v) is 4.38. The van der Waals surface area contributed by atoms with Crippen molar-refractivity contribution in [2.75, 3.05) is 53.4 Å². The van der Waals surface area contributed by atoms with Crippen molar-refractivity contribution in [2.24, 2.45) is 0 Å². The van der Waals surface area contributed by atoms with E-state index in [1.165, 1.54) is 32.7 Å². The summed E-state index contributed by atoms with van der Waals surface area (Å²) in [5.41, 5.74) is 0. The Morgan fingerprint density at radius 2 is 1.50 bits per heavy atom. The van der Waals surface area contributed by atoms with Gasteiger partial charge in [0.15, 0.2) is 0 Å². The average Bonchev–Trinajstić information content (AvgIpc) is 2.04. The quantitative estimate of drug-likeness (QED) is 0.812. The molecule has 0 radical (unpaired) electrons. The van der Waals surface area contributed by atoms with Crippen LogP contribution >= 0.6 is 37.2 Å². The van der Waals surface area contributed by atoms with Crippen molar-refractivity contribution in [3.05, 3.63) is 0 Å². The number of likely N-dealkylation sites (N-methyl/N-ethyl adjacent to an activating group) is 2. The lowest BCUT2D eigenvalue weighted by atomic mass is 10.3. The minimum Gasteiger partial charge on any atom is -0.318 e. The van der Waals surface area contributed by atoms with E-state index in [2.05, 4.69) is 22.2 Å². The van der Waals surface area contributed by atoms with E-state index in [-0.39, 0.29) is 37.2 Å². The number of hydrogen-bond acceptors (Lipinski definition) is 3. The SMILES string of the molecule is CNCCN1CCN(C)CC1.Cl.Cl.Cl. The van der Waals surface area contributed by atoms with Crippen molar-refractivity contribution in [2.45, 2.75) is 0 Å². The number of hydrogen-bond donors (Lipinski definition) is 1. The maximum Gasteiger partial charge on any atom is 0.0110 e. The summed E-state index contributed by atoms with van der Waals surface area (Å²) in [7, 11) is 4.20. The molecule has 1 heterocycles. The highest BCUT2D eigenvalue weighted by Gasteiger charge is 2.11. The summed E-state index contributed by atoms with van der Waals surface area (Å²) in [6, 6.07) is 0. The molecule has 14 heavy (non-hydrogen) atoms. The van der Waals surface area contributed by atoms with E-state index in [0.29, 0.717) is 0 Å². The molecule has 0 aromatic heterocycles. The summed E-state index contributed by atoms with van der Waals surface area (Å²) >= 11 is 0. The zero-order valence-electron chi connectivity index (χ0n) is 8.86. The van der Waals surface area contributed by atoms with E-state index < -0.39 is 0 Å². The van der Waals surface area contributed by atoms with Gasteiger partial charge in [-0.15, -0.1) is 37.2 Å². The fourth-order valence-corrected chi connectivity index (χ4v) is 1.34. The number of nitrogens with zero attached hydrogens (tertiary/aromatic N) is 2. The number of nitrogens with one attached hydrogen (secondary N) is 1. The largest absolute Gasteiger partial charge is 0.318 e. The minimum atomic E-state index is 0. The molecule has 1 aliphatic rings. The molecular formula is C8H22Cl3N3. The van der Waals surface area contributed by atoms with Crippen molar-refractivity contribution in [3.63, 3.8) is 0 Å². The van der Waals surface area contributed by atoms with Crippen LogP contribution in [0.5, 0.6) is 0 Å². The predicted molar refractivity (Wildman–Crippen MR) is 69.6 cm³/mol. The van der Waals surface area contributed by atoms with Gasteiger partial charge in [0.25, 0.3) is 0 Å². The second-order valence-electron chi connectivity index (χ2n) is 3.25. The van der Waals surface area contributed by atoms with Crippen molar-refractivity contribution in [3.8, 4) is 0 Å². The normalized spacial score (nSPS) is 17.6. The van der Waals surface area contributed by atoms with Crippen LogP contribution < -0.4 is 5.32 Å². The van der Waals surface area contributed by atoms with Crippen LogP contribution in [0.15, 0.2) is 0 Å². The molecule has 0 saturated carbocycles. The van der Waals surface area contributed by atoms with Gasteiger partial charge in [0.2, 0.25) is 0 Å². The van der Waals surface area contributed by atoms with Crippen molar-refractivity contribution < 1.29 is 0 Å². The number of piperazine rings is 1. The van der Waals surface area contributed by atoms with Gasteiger partial charge in [-0.3, -0.25) is 4.90 Å². The third-order valence-electron chi connectivity index (χ3n) is 2.27. The van der Waals surface area contributed by atoms with E-state index in [0.717, 1.165) is 6.54 Å². The molecule has 90 valence electrons. The van der Waals surface area contributed by atoms with Crippen LogP contribution in [0.4, 0.5) is 0 Å². The van der Waals surface area contributed by atoms with Gasteiger partial charge in [0, 0.05) is 39.3 Å². The predicted octanol–water partition coefficient (Wildman–Crippen LogP) is 0.719. The van der Waals surface area contributed by atoms with Crippen LogP contribution in [-0.2, 0) is 0 Å². The Labute approximate surface area is 106 Å². The number of rotatable bonds is 3. The van der Waals surface area contributed by atoms with Crippen molar-refractivity contribution in [1.29, 1.82) is 0 Å². The second kappa shape index (κ2) is 11.8. The van der Waals surface area contributed by atoms with Gasteiger partial charge in [-0.2, -0.15) is 0 Å². The highest BCUT2D eigenvalue weighted by Crippen LogP contribution is 1.96. The summed E-state index contributed by atoms with van der Waals surface area (Å²) < 4.78 is 0. The van der Waals surface area contributed by atoms with E-state index in [1.54, 1.807) is 0 Å². The van der Waals surface area contributed by atoms with Crippen LogP contribution in [0.1, 0.15) is 0 Å². The molecular weight excluding hydrogens is 244 g/mol. The zero-order valence-corrected chi connectivity index (χ0v) is 11.3. The van der Waals surface area contributed by atoms with Gasteiger partial charge >= 0.3 is 0 Å². The average molecular weight is 267 g/mol. The van der Waals surface area contributed by atoms with Crippen molar-refractivity contribution in [1.82, 2.24) is 15.1 Å². The molecule has 1 N–H and O–H groups in total. The summed E-state index contributed by atoms with van der Waals surface area (Å²) in [6.07, 6.45) is 0. The molecule has 0 amide bonds. The smallest absolute Gasteiger partial charge is 0.0110 e. The Hall–Kier alpha value is 0.750. The highest BCUT2D eigenvalue weighted by molar-refractivity contribution is 5.86. The Kier molecular flexibility index (Phi) is 17.1. The molecule has 1 aliphatic heterocycles. The first-order valence-electron chi connectivity index (χ1n) is 4.38. The molecule has 0 unspecified atom stereocenters. The third kappa shape index (κ3) is 8.09. The molecule has 1 fully saturated rings. The highest BCUT2D eigenvalue weighted by atomic mass is 35.5. The molecule has 0 aromatic carbocycles. The molecule has 0 atom stereocenters. The third-order valence-corrected chi connectivity index (χ3v) is 2.27. The van der Waals surface area contributed by atoms with Crippen LogP contribution in [0.2, 0.25) is 0 Å². The van der Waals surface area contributed by atoms with Gasteiger partial charge in [0.05, 0.1) is 0 Å². The maximum atomic E-state index is 3.17. The van der Waals surface area contributed by atoms with Gasteiger partial charge in [0.1, 0.15) is 0 Å². The molecule has 0 aliphatic carbocycles. The van der Waals surface area contributed by atoms with E-state index in [4.69, 9.17) is 0 Å². The lowest BCUT2D eigenvalue weighted by molar-refractivity contribution is 0.155. The van der Waals surface area contributed by atoms with Gasteiger partial charge < -0.3 is 10.2 Å². The molecule has 6 heteroatoms. The Morgan fingerprint density at radius 3 is 1.93 bits per heavy atom. The number of halogens is 3. The zero-order chi connectivity index (χ0) is 8.10. The monoisotopic (exact) mass is 265 g/mol. The summed E-state index contributed by atoms with van der Waals surface area (Å²) in [5, 5.41) is 3.17. The molecule has 0 aromatic rings. The fraction of sp³-hybridized carbons (Fsp3) is 1.00. The van der Waals surface area contributed by atoms with E-state index in [1.807, 2.05) is 7.05 Å². The molecule has 0 spiro atoms. The summed E-state index contributed by atoms with van der Waals surface area (Å²) in [4.78, 5) is 4.90. The molecule has 3 nitrogen and oxygen atoms in total. The first-order chi connectivity index (χ1) is 5.33. The lowest BCUT2D eigenvalue weighted by Gasteiger charge is -2.32. The topological polar surface area (TPSA) is 18.5 Å². The molecule has 1 saturated heterocycles. The molecule has 1 rings (SSSR count). The summed E-state index contributed by atoms with van der Waals surface area (Å²) in [5.74, 6) is 0. The van der Waals surface area contributed by atoms with Crippen LogP contribution in [0.3, 0.4) is 0 Å². The minimum absolute atomic E-state index is 0.